The second-order valence-corrected chi connectivity index (χ2v) is 6.94. The SMILES string of the molecule is Cc1ccc2cc(C(=O)N3CCN(C(=O)Cc4ccccn4)CC3)[nH]c2c1. The van der Waals surface area contributed by atoms with Gasteiger partial charge < -0.3 is 14.8 Å². The summed E-state index contributed by atoms with van der Waals surface area (Å²) >= 11 is 0. The first kappa shape index (κ1) is 17.3. The van der Waals surface area contributed by atoms with Crippen LogP contribution in [-0.2, 0) is 11.2 Å². The molecular formula is C21H22N4O2. The predicted molar refractivity (Wildman–Crippen MR) is 103 cm³/mol. The van der Waals surface area contributed by atoms with Gasteiger partial charge in [0.05, 0.1) is 6.42 Å². The fourth-order valence-corrected chi connectivity index (χ4v) is 3.45. The minimum absolute atomic E-state index is 0.0133. The third-order valence-electron chi connectivity index (χ3n) is 4.99. The molecule has 2 amide bonds. The topological polar surface area (TPSA) is 69.3 Å². The number of aromatic amines is 1. The van der Waals surface area contributed by atoms with Crippen LogP contribution in [0.4, 0.5) is 0 Å². The number of nitrogens with one attached hydrogen (secondary N) is 1. The highest BCUT2D eigenvalue weighted by molar-refractivity contribution is 5.98. The molecule has 6 nitrogen and oxygen atoms in total. The van der Waals surface area contributed by atoms with Crippen LogP contribution in [0.5, 0.6) is 0 Å². The molecule has 0 saturated carbocycles. The number of aryl methyl sites for hydroxylation is 1. The number of fused-ring (bicyclic) bond motifs is 1. The monoisotopic (exact) mass is 362 g/mol. The fraction of sp³-hybridized carbons (Fsp3) is 0.286. The zero-order chi connectivity index (χ0) is 18.8. The fourth-order valence-electron chi connectivity index (χ4n) is 3.45. The number of piperazine rings is 1. The minimum atomic E-state index is -0.0133. The van der Waals surface area contributed by atoms with Crippen molar-refractivity contribution in [2.24, 2.45) is 0 Å². The van der Waals surface area contributed by atoms with E-state index in [-0.39, 0.29) is 11.8 Å². The van der Waals surface area contributed by atoms with E-state index in [1.54, 1.807) is 6.20 Å². The number of hydrogen-bond acceptors (Lipinski definition) is 3. The van der Waals surface area contributed by atoms with Crippen LogP contribution in [0.25, 0.3) is 10.9 Å². The average Bonchev–Trinajstić information content (AvgIpc) is 3.11. The lowest BCUT2D eigenvalue weighted by Crippen LogP contribution is -2.51. The summed E-state index contributed by atoms with van der Waals surface area (Å²) in [6.07, 6.45) is 2.00. The minimum Gasteiger partial charge on any atom is -0.351 e. The molecule has 1 fully saturated rings. The van der Waals surface area contributed by atoms with Crippen molar-refractivity contribution >= 4 is 22.7 Å². The van der Waals surface area contributed by atoms with Crippen molar-refractivity contribution in [3.05, 3.63) is 65.6 Å². The normalized spacial score (nSPS) is 14.6. The van der Waals surface area contributed by atoms with Gasteiger partial charge in [-0.15, -0.1) is 0 Å². The summed E-state index contributed by atoms with van der Waals surface area (Å²) in [7, 11) is 0. The zero-order valence-electron chi connectivity index (χ0n) is 15.3. The van der Waals surface area contributed by atoms with Crippen molar-refractivity contribution < 1.29 is 9.59 Å². The molecule has 0 unspecified atom stereocenters. The smallest absolute Gasteiger partial charge is 0.270 e. The number of H-pyrrole nitrogens is 1. The molecule has 1 N–H and O–H groups in total. The number of carbonyl (C=O) groups is 2. The van der Waals surface area contributed by atoms with Gasteiger partial charge in [-0.05, 0) is 36.8 Å². The molecule has 0 atom stereocenters. The van der Waals surface area contributed by atoms with E-state index >= 15 is 0 Å². The van der Waals surface area contributed by atoms with Crippen LogP contribution in [0, 0.1) is 6.92 Å². The number of aromatic nitrogens is 2. The van der Waals surface area contributed by atoms with Crippen LogP contribution in [-0.4, -0.2) is 57.8 Å². The van der Waals surface area contributed by atoms with Gasteiger partial charge in [-0.25, -0.2) is 0 Å². The molecule has 1 aromatic carbocycles. The Bertz CT molecular complexity index is 972. The van der Waals surface area contributed by atoms with Crippen molar-refractivity contribution in [3.8, 4) is 0 Å². The molecule has 0 aliphatic carbocycles. The maximum atomic E-state index is 12.8. The number of hydrogen-bond donors (Lipinski definition) is 1. The quantitative estimate of drug-likeness (QED) is 0.778. The Morgan fingerprint density at radius 2 is 1.81 bits per heavy atom. The first-order valence-electron chi connectivity index (χ1n) is 9.16. The Balaban J connectivity index is 1.38. The van der Waals surface area contributed by atoms with Gasteiger partial charge in [-0.1, -0.05) is 18.2 Å². The van der Waals surface area contributed by atoms with E-state index in [0.717, 1.165) is 22.2 Å². The summed E-state index contributed by atoms with van der Waals surface area (Å²) < 4.78 is 0. The third kappa shape index (κ3) is 3.69. The number of pyridine rings is 1. The lowest BCUT2D eigenvalue weighted by Gasteiger charge is -2.34. The van der Waals surface area contributed by atoms with Crippen LogP contribution in [0.1, 0.15) is 21.7 Å². The van der Waals surface area contributed by atoms with Gasteiger partial charge in [0.25, 0.3) is 5.91 Å². The zero-order valence-corrected chi connectivity index (χ0v) is 15.3. The van der Waals surface area contributed by atoms with E-state index in [1.807, 2.05) is 59.2 Å². The van der Waals surface area contributed by atoms with E-state index < -0.39 is 0 Å². The summed E-state index contributed by atoms with van der Waals surface area (Å²) in [6, 6.07) is 13.6. The Morgan fingerprint density at radius 3 is 2.56 bits per heavy atom. The number of rotatable bonds is 3. The average molecular weight is 362 g/mol. The maximum absolute atomic E-state index is 12.8. The van der Waals surface area contributed by atoms with Crippen LogP contribution < -0.4 is 0 Å². The Morgan fingerprint density at radius 1 is 1.04 bits per heavy atom. The van der Waals surface area contributed by atoms with Gasteiger partial charge in [0.1, 0.15) is 5.69 Å². The molecule has 4 rings (SSSR count). The second-order valence-electron chi connectivity index (χ2n) is 6.94. The molecule has 138 valence electrons. The molecule has 0 spiro atoms. The highest BCUT2D eigenvalue weighted by Gasteiger charge is 2.25. The van der Waals surface area contributed by atoms with E-state index in [0.29, 0.717) is 38.3 Å². The summed E-state index contributed by atoms with van der Waals surface area (Å²) in [4.78, 5) is 36.3. The Kier molecular flexibility index (Phi) is 4.62. The highest BCUT2D eigenvalue weighted by atomic mass is 16.2. The molecule has 2 aromatic heterocycles. The molecule has 0 bridgehead atoms. The van der Waals surface area contributed by atoms with Crippen LogP contribution in [0.15, 0.2) is 48.7 Å². The standard InChI is InChI=1S/C21H22N4O2/c1-15-5-6-16-13-19(23-18(16)12-15)21(27)25-10-8-24(9-11-25)20(26)14-17-4-2-3-7-22-17/h2-7,12-13,23H,8-11,14H2,1H3. The number of carbonyl (C=O) groups excluding carboxylic acids is 2. The van der Waals surface area contributed by atoms with Crippen molar-refractivity contribution in [1.29, 1.82) is 0 Å². The van der Waals surface area contributed by atoms with E-state index in [1.165, 1.54) is 0 Å². The molecule has 1 saturated heterocycles. The van der Waals surface area contributed by atoms with Crippen molar-refractivity contribution in [2.45, 2.75) is 13.3 Å². The summed E-state index contributed by atoms with van der Waals surface area (Å²) in [5.74, 6) is 0.0440. The van der Waals surface area contributed by atoms with Crippen molar-refractivity contribution in [1.82, 2.24) is 19.8 Å². The predicted octanol–water partition coefficient (Wildman–Crippen LogP) is 2.40. The number of nitrogens with zero attached hydrogens (tertiary/aromatic N) is 3. The number of amides is 2. The number of benzene rings is 1. The largest absolute Gasteiger partial charge is 0.351 e. The van der Waals surface area contributed by atoms with Gasteiger partial charge in [0, 0.05) is 49.0 Å². The lowest BCUT2D eigenvalue weighted by molar-refractivity contribution is -0.132. The second kappa shape index (κ2) is 7.23. The van der Waals surface area contributed by atoms with Gasteiger partial charge in [0.2, 0.25) is 5.91 Å². The first-order chi connectivity index (χ1) is 13.1. The van der Waals surface area contributed by atoms with Crippen LogP contribution in [0.2, 0.25) is 0 Å². The van der Waals surface area contributed by atoms with Gasteiger partial charge in [-0.2, -0.15) is 0 Å². The van der Waals surface area contributed by atoms with Crippen molar-refractivity contribution in [2.75, 3.05) is 26.2 Å². The summed E-state index contributed by atoms with van der Waals surface area (Å²) in [6.45, 7) is 4.22. The molecule has 6 heteroatoms. The van der Waals surface area contributed by atoms with Crippen LogP contribution >= 0.6 is 0 Å². The summed E-state index contributed by atoms with van der Waals surface area (Å²) in [5, 5.41) is 1.04. The molecule has 27 heavy (non-hydrogen) atoms. The molecule has 1 aliphatic rings. The molecular weight excluding hydrogens is 340 g/mol. The summed E-state index contributed by atoms with van der Waals surface area (Å²) in [5.41, 5.74) is 3.50. The molecule has 1 aliphatic heterocycles. The van der Waals surface area contributed by atoms with Gasteiger partial charge >= 0.3 is 0 Å². The molecule has 3 heterocycles. The maximum Gasteiger partial charge on any atom is 0.270 e. The van der Waals surface area contributed by atoms with Gasteiger partial charge in [0.15, 0.2) is 0 Å². The van der Waals surface area contributed by atoms with Crippen LogP contribution in [0.3, 0.4) is 0 Å². The Hall–Kier alpha value is -3.15. The van der Waals surface area contributed by atoms with E-state index in [4.69, 9.17) is 0 Å². The Labute approximate surface area is 157 Å². The molecule has 0 radical (unpaired) electrons. The highest BCUT2D eigenvalue weighted by Crippen LogP contribution is 2.18. The lowest BCUT2D eigenvalue weighted by atomic mass is 10.2. The van der Waals surface area contributed by atoms with E-state index in [9.17, 15) is 9.59 Å². The third-order valence-corrected chi connectivity index (χ3v) is 4.99. The molecule has 3 aromatic rings. The first-order valence-corrected chi connectivity index (χ1v) is 9.16. The van der Waals surface area contributed by atoms with Crippen molar-refractivity contribution in [3.63, 3.8) is 0 Å². The van der Waals surface area contributed by atoms with Gasteiger partial charge in [-0.3, -0.25) is 14.6 Å². The van der Waals surface area contributed by atoms with E-state index in [2.05, 4.69) is 9.97 Å².